The number of amides is 1. The molecule has 2 atom stereocenters. The normalized spacial score (nSPS) is 28.9. The van der Waals surface area contributed by atoms with Crippen molar-refractivity contribution in [3.63, 3.8) is 0 Å². The number of rotatable bonds is 4. The first kappa shape index (κ1) is 14.6. The minimum atomic E-state index is -0.228. The Morgan fingerprint density at radius 3 is 2.32 bits per heavy atom. The van der Waals surface area contributed by atoms with Gasteiger partial charge in [-0.1, -0.05) is 32.1 Å². The third-order valence-electron chi connectivity index (χ3n) is 4.72. The van der Waals surface area contributed by atoms with Gasteiger partial charge in [0, 0.05) is 6.04 Å². The van der Waals surface area contributed by atoms with Crippen molar-refractivity contribution in [3.8, 4) is 0 Å². The zero-order valence-electron chi connectivity index (χ0n) is 11.9. The number of carbonyl (C=O) groups is 1. The summed E-state index contributed by atoms with van der Waals surface area (Å²) >= 11 is 0. The van der Waals surface area contributed by atoms with Crippen molar-refractivity contribution in [2.24, 2.45) is 17.6 Å². The molecule has 19 heavy (non-hydrogen) atoms. The van der Waals surface area contributed by atoms with Crippen LogP contribution in [0.4, 0.5) is 4.79 Å². The molecule has 3 N–H and O–H groups in total. The Hall–Kier alpha value is -0.770. The molecule has 0 aromatic carbocycles. The summed E-state index contributed by atoms with van der Waals surface area (Å²) in [7, 11) is 0. The zero-order valence-corrected chi connectivity index (χ0v) is 11.9. The predicted molar refractivity (Wildman–Crippen MR) is 75.9 cm³/mol. The van der Waals surface area contributed by atoms with Crippen molar-refractivity contribution in [2.45, 2.75) is 63.8 Å². The molecule has 2 saturated carbocycles. The molecule has 2 aliphatic carbocycles. The van der Waals surface area contributed by atoms with Crippen LogP contribution in [0.25, 0.3) is 0 Å². The van der Waals surface area contributed by atoms with Gasteiger partial charge in [0.25, 0.3) is 0 Å². The molecule has 2 rings (SSSR count). The minimum absolute atomic E-state index is 0.228. The van der Waals surface area contributed by atoms with Gasteiger partial charge in [-0.3, -0.25) is 0 Å². The Labute approximate surface area is 116 Å². The number of ether oxygens (including phenoxy) is 1. The lowest BCUT2D eigenvalue weighted by Gasteiger charge is -2.30. The van der Waals surface area contributed by atoms with E-state index in [1.54, 1.807) is 0 Å². The SMILES string of the molecule is NCC1CCCCC1COC(=O)NC1CCCCC1. The molecule has 0 aromatic rings. The summed E-state index contributed by atoms with van der Waals surface area (Å²) in [5.41, 5.74) is 5.79. The first-order valence-corrected chi connectivity index (χ1v) is 7.93. The summed E-state index contributed by atoms with van der Waals surface area (Å²) in [6.07, 6.45) is 10.6. The van der Waals surface area contributed by atoms with Crippen LogP contribution >= 0.6 is 0 Å². The van der Waals surface area contributed by atoms with Gasteiger partial charge in [0.1, 0.15) is 0 Å². The second-order valence-electron chi connectivity index (χ2n) is 6.12. The van der Waals surface area contributed by atoms with E-state index in [0.29, 0.717) is 24.5 Å². The average molecular weight is 268 g/mol. The van der Waals surface area contributed by atoms with Crippen LogP contribution in [0.15, 0.2) is 0 Å². The first-order chi connectivity index (χ1) is 9.29. The highest BCUT2D eigenvalue weighted by Crippen LogP contribution is 2.29. The fourth-order valence-electron chi connectivity index (χ4n) is 3.45. The quantitative estimate of drug-likeness (QED) is 0.824. The Morgan fingerprint density at radius 2 is 1.63 bits per heavy atom. The van der Waals surface area contributed by atoms with Crippen LogP contribution in [-0.2, 0) is 4.74 Å². The van der Waals surface area contributed by atoms with Crippen LogP contribution in [0.5, 0.6) is 0 Å². The Bertz CT molecular complexity index is 277. The third kappa shape index (κ3) is 4.68. The summed E-state index contributed by atoms with van der Waals surface area (Å²) in [4.78, 5) is 11.8. The molecule has 1 amide bonds. The summed E-state index contributed by atoms with van der Waals surface area (Å²) in [5.74, 6) is 1.01. The molecule has 2 aliphatic rings. The lowest BCUT2D eigenvalue weighted by atomic mass is 9.80. The first-order valence-electron chi connectivity index (χ1n) is 7.93. The monoisotopic (exact) mass is 268 g/mol. The standard InChI is InChI=1S/C15H28N2O2/c16-10-12-6-4-5-7-13(12)11-19-15(18)17-14-8-2-1-3-9-14/h12-14H,1-11,16H2,(H,17,18). The highest BCUT2D eigenvalue weighted by Gasteiger charge is 2.25. The molecule has 0 saturated heterocycles. The molecule has 0 aromatic heterocycles. The van der Waals surface area contributed by atoms with Gasteiger partial charge in [-0.05, 0) is 44.1 Å². The van der Waals surface area contributed by atoms with Gasteiger partial charge >= 0.3 is 6.09 Å². The van der Waals surface area contributed by atoms with Gasteiger partial charge in [-0.15, -0.1) is 0 Å². The van der Waals surface area contributed by atoms with Crippen molar-refractivity contribution in [3.05, 3.63) is 0 Å². The van der Waals surface area contributed by atoms with Crippen molar-refractivity contribution in [1.29, 1.82) is 0 Å². The Morgan fingerprint density at radius 1 is 1.00 bits per heavy atom. The van der Waals surface area contributed by atoms with E-state index in [1.165, 1.54) is 38.5 Å². The van der Waals surface area contributed by atoms with Crippen molar-refractivity contribution in [2.75, 3.05) is 13.2 Å². The van der Waals surface area contributed by atoms with Gasteiger partial charge in [0.2, 0.25) is 0 Å². The molecular formula is C15H28N2O2. The van der Waals surface area contributed by atoms with E-state index in [-0.39, 0.29) is 6.09 Å². The largest absolute Gasteiger partial charge is 0.449 e. The second kappa shape index (κ2) is 7.73. The van der Waals surface area contributed by atoms with Crippen LogP contribution in [0.2, 0.25) is 0 Å². The lowest BCUT2D eigenvalue weighted by molar-refractivity contribution is 0.0905. The molecule has 0 heterocycles. The van der Waals surface area contributed by atoms with Crippen LogP contribution in [-0.4, -0.2) is 25.3 Å². The zero-order chi connectivity index (χ0) is 13.5. The number of hydrogen-bond acceptors (Lipinski definition) is 3. The Kier molecular flexibility index (Phi) is 5.95. The molecule has 2 fully saturated rings. The number of alkyl carbamates (subject to hydrolysis) is 1. The van der Waals surface area contributed by atoms with Gasteiger partial charge in [0.05, 0.1) is 6.61 Å². The summed E-state index contributed by atoms with van der Waals surface area (Å²) in [6.45, 7) is 1.26. The third-order valence-corrected chi connectivity index (χ3v) is 4.72. The van der Waals surface area contributed by atoms with Crippen LogP contribution in [0.3, 0.4) is 0 Å². The van der Waals surface area contributed by atoms with E-state index < -0.39 is 0 Å². The fraction of sp³-hybridized carbons (Fsp3) is 0.933. The summed E-state index contributed by atoms with van der Waals surface area (Å²) in [6, 6.07) is 0.331. The molecule has 0 spiro atoms. The van der Waals surface area contributed by atoms with Gasteiger partial charge in [-0.25, -0.2) is 4.79 Å². The maximum absolute atomic E-state index is 11.8. The lowest BCUT2D eigenvalue weighted by Crippen LogP contribution is -2.38. The van der Waals surface area contributed by atoms with E-state index in [2.05, 4.69) is 5.32 Å². The second-order valence-corrected chi connectivity index (χ2v) is 6.12. The highest BCUT2D eigenvalue weighted by atomic mass is 16.5. The van der Waals surface area contributed by atoms with E-state index in [0.717, 1.165) is 25.8 Å². The van der Waals surface area contributed by atoms with Crippen molar-refractivity contribution in [1.82, 2.24) is 5.32 Å². The van der Waals surface area contributed by atoms with Crippen LogP contribution in [0, 0.1) is 11.8 Å². The molecular weight excluding hydrogens is 240 g/mol. The van der Waals surface area contributed by atoms with E-state index in [9.17, 15) is 4.79 Å². The summed E-state index contributed by atoms with van der Waals surface area (Å²) < 4.78 is 5.41. The Balaban J connectivity index is 1.67. The molecule has 110 valence electrons. The fourth-order valence-corrected chi connectivity index (χ4v) is 3.45. The summed E-state index contributed by atoms with van der Waals surface area (Å²) in [5, 5.41) is 3.00. The highest BCUT2D eigenvalue weighted by molar-refractivity contribution is 5.67. The smallest absolute Gasteiger partial charge is 0.407 e. The molecule has 4 nitrogen and oxygen atoms in total. The minimum Gasteiger partial charge on any atom is -0.449 e. The number of hydrogen-bond donors (Lipinski definition) is 2. The molecule has 0 bridgehead atoms. The molecule has 2 unspecified atom stereocenters. The van der Waals surface area contributed by atoms with E-state index >= 15 is 0 Å². The number of nitrogens with two attached hydrogens (primary N) is 1. The molecule has 0 radical (unpaired) electrons. The van der Waals surface area contributed by atoms with Crippen LogP contribution < -0.4 is 11.1 Å². The van der Waals surface area contributed by atoms with E-state index in [4.69, 9.17) is 10.5 Å². The average Bonchev–Trinajstić information content (AvgIpc) is 2.46. The van der Waals surface area contributed by atoms with Gasteiger partial charge in [0.15, 0.2) is 0 Å². The maximum atomic E-state index is 11.8. The maximum Gasteiger partial charge on any atom is 0.407 e. The predicted octanol–water partition coefficient (Wildman–Crippen LogP) is 2.81. The van der Waals surface area contributed by atoms with Crippen molar-refractivity contribution >= 4 is 6.09 Å². The molecule has 0 aliphatic heterocycles. The topological polar surface area (TPSA) is 64.3 Å². The van der Waals surface area contributed by atoms with Crippen molar-refractivity contribution < 1.29 is 9.53 Å². The number of carbonyl (C=O) groups excluding carboxylic acids is 1. The van der Waals surface area contributed by atoms with Crippen LogP contribution in [0.1, 0.15) is 57.8 Å². The molecule has 4 heteroatoms. The van der Waals surface area contributed by atoms with E-state index in [1.807, 2.05) is 0 Å². The number of nitrogens with one attached hydrogen (secondary N) is 1. The van der Waals surface area contributed by atoms with Gasteiger partial charge < -0.3 is 15.8 Å². The van der Waals surface area contributed by atoms with Gasteiger partial charge in [-0.2, -0.15) is 0 Å².